The lowest BCUT2D eigenvalue weighted by Crippen LogP contribution is -2.25. The van der Waals surface area contributed by atoms with Crippen LogP contribution in [0, 0.1) is 0 Å². The molecule has 2 aliphatic carbocycles. The van der Waals surface area contributed by atoms with Gasteiger partial charge in [0.15, 0.2) is 0 Å². The smallest absolute Gasteiger partial charge is 0.135 e. The summed E-state index contributed by atoms with van der Waals surface area (Å²) < 4.78 is 7.18. The van der Waals surface area contributed by atoms with Gasteiger partial charge in [0.2, 0.25) is 0 Å². The van der Waals surface area contributed by atoms with E-state index in [1.807, 2.05) is 0 Å². The van der Waals surface area contributed by atoms with E-state index >= 15 is 0 Å². The highest BCUT2D eigenvalue weighted by Gasteiger charge is 2.55. The standard InChI is InChI=1S/C63H42N2O/c1-5-18-43(19-6-1)45-20-17-27-51(40-45)65(49-25-11-4-12-26-49)52-37-39-59-56(42-52)61-54-29-14-16-31-60(54)66-62(61)63(59)57-30-15-13-28-53(57)55-41-46(34-38-58(55)63)44-32-35-50(36-33-44)64(47-21-7-2-8-22-47)48-23-9-3-10-24-48/h1-42H. The third kappa shape index (κ3) is 5.84. The second-order valence-electron chi connectivity index (χ2n) is 17.2. The Morgan fingerprint density at radius 3 is 1.45 bits per heavy atom. The van der Waals surface area contributed by atoms with Crippen LogP contribution in [0.1, 0.15) is 22.5 Å². The molecule has 310 valence electrons. The zero-order valence-corrected chi connectivity index (χ0v) is 36.1. The van der Waals surface area contributed by atoms with Gasteiger partial charge in [0, 0.05) is 45.1 Å². The molecule has 1 heterocycles. The Balaban J connectivity index is 0.968. The maximum absolute atomic E-state index is 7.18. The summed E-state index contributed by atoms with van der Waals surface area (Å²) in [6.45, 7) is 0. The van der Waals surface area contributed by atoms with Crippen LogP contribution in [0.25, 0.3) is 55.5 Å². The van der Waals surface area contributed by atoms with Crippen molar-refractivity contribution in [2.45, 2.75) is 5.41 Å². The molecule has 1 unspecified atom stereocenters. The zero-order valence-electron chi connectivity index (χ0n) is 36.1. The summed E-state index contributed by atoms with van der Waals surface area (Å²) in [6.07, 6.45) is 0. The van der Waals surface area contributed by atoms with Gasteiger partial charge in [0.05, 0.1) is 0 Å². The molecule has 0 saturated heterocycles. The summed E-state index contributed by atoms with van der Waals surface area (Å²) in [5.74, 6) is 0.985. The first-order chi connectivity index (χ1) is 32.7. The van der Waals surface area contributed by atoms with Crippen molar-refractivity contribution in [2.75, 3.05) is 9.80 Å². The average Bonchev–Trinajstić information content (AvgIpc) is 4.01. The van der Waals surface area contributed by atoms with E-state index in [2.05, 4.69) is 265 Å². The van der Waals surface area contributed by atoms with Crippen molar-refractivity contribution in [3.8, 4) is 44.5 Å². The Kier molecular flexibility index (Phi) is 8.75. The molecular formula is C63H42N2O. The lowest BCUT2D eigenvalue weighted by Gasteiger charge is -2.30. The lowest BCUT2D eigenvalue weighted by atomic mass is 9.73. The highest BCUT2D eigenvalue weighted by Crippen LogP contribution is 2.65. The van der Waals surface area contributed by atoms with Gasteiger partial charge in [-0.3, -0.25) is 0 Å². The van der Waals surface area contributed by atoms with Crippen molar-refractivity contribution < 1.29 is 4.42 Å². The van der Waals surface area contributed by atoms with Gasteiger partial charge in [0.25, 0.3) is 0 Å². The molecule has 11 aromatic rings. The zero-order chi connectivity index (χ0) is 43.6. The van der Waals surface area contributed by atoms with Crippen molar-refractivity contribution in [1.29, 1.82) is 0 Å². The molecule has 10 aromatic carbocycles. The van der Waals surface area contributed by atoms with Crippen LogP contribution in [0.4, 0.5) is 34.1 Å². The summed E-state index contributed by atoms with van der Waals surface area (Å²) in [5.41, 5.74) is 20.1. The maximum Gasteiger partial charge on any atom is 0.135 e. The molecule has 0 bridgehead atoms. The summed E-state index contributed by atoms with van der Waals surface area (Å²) in [5, 5.41) is 1.13. The Labute approximate surface area is 384 Å². The first-order valence-corrected chi connectivity index (χ1v) is 22.7. The Hall–Kier alpha value is -8.66. The van der Waals surface area contributed by atoms with Crippen LogP contribution in [0.15, 0.2) is 259 Å². The minimum absolute atomic E-state index is 0.646. The minimum Gasteiger partial charge on any atom is -0.459 e. The van der Waals surface area contributed by atoms with Gasteiger partial charge < -0.3 is 14.2 Å². The second kappa shape index (κ2) is 15.3. The largest absolute Gasteiger partial charge is 0.459 e. The van der Waals surface area contributed by atoms with Crippen molar-refractivity contribution >= 4 is 45.1 Å². The molecule has 1 atom stereocenters. The Morgan fingerprint density at radius 2 is 0.742 bits per heavy atom. The maximum atomic E-state index is 7.18. The molecule has 0 amide bonds. The van der Waals surface area contributed by atoms with Gasteiger partial charge in [-0.2, -0.15) is 0 Å². The van der Waals surface area contributed by atoms with Crippen molar-refractivity contribution in [3.05, 3.63) is 277 Å². The van der Waals surface area contributed by atoms with E-state index in [-0.39, 0.29) is 0 Å². The average molecular weight is 843 g/mol. The van der Waals surface area contributed by atoms with Gasteiger partial charge in [0.1, 0.15) is 16.8 Å². The number of hydrogen-bond acceptors (Lipinski definition) is 3. The number of hydrogen-bond donors (Lipinski definition) is 0. The predicted molar refractivity (Wildman–Crippen MR) is 273 cm³/mol. The van der Waals surface area contributed by atoms with Gasteiger partial charge in [-0.25, -0.2) is 0 Å². The number of anilines is 6. The molecule has 0 saturated carbocycles. The van der Waals surface area contributed by atoms with Gasteiger partial charge in [-0.05, 0) is 141 Å². The molecule has 1 aromatic heterocycles. The molecule has 13 rings (SSSR count). The minimum atomic E-state index is -0.646. The number of benzene rings is 10. The van der Waals surface area contributed by atoms with Crippen LogP contribution < -0.4 is 9.80 Å². The van der Waals surface area contributed by atoms with Crippen LogP contribution in [0.5, 0.6) is 0 Å². The monoisotopic (exact) mass is 842 g/mol. The third-order valence-corrected chi connectivity index (χ3v) is 13.6. The summed E-state index contributed by atoms with van der Waals surface area (Å²) in [7, 11) is 0. The van der Waals surface area contributed by atoms with E-state index < -0.39 is 5.41 Å². The fourth-order valence-electron chi connectivity index (χ4n) is 10.8. The van der Waals surface area contributed by atoms with E-state index in [1.54, 1.807) is 0 Å². The Bertz CT molecular complexity index is 3540. The van der Waals surface area contributed by atoms with Crippen molar-refractivity contribution in [2.24, 2.45) is 0 Å². The van der Waals surface area contributed by atoms with Gasteiger partial charge >= 0.3 is 0 Å². The molecule has 0 radical (unpaired) electrons. The van der Waals surface area contributed by atoms with Crippen LogP contribution in [0.2, 0.25) is 0 Å². The highest BCUT2D eigenvalue weighted by molar-refractivity contribution is 6.05. The van der Waals surface area contributed by atoms with E-state index in [1.165, 1.54) is 55.6 Å². The summed E-state index contributed by atoms with van der Waals surface area (Å²) >= 11 is 0. The van der Waals surface area contributed by atoms with Crippen LogP contribution >= 0.6 is 0 Å². The molecule has 0 N–H and O–H groups in total. The summed E-state index contributed by atoms with van der Waals surface area (Å²) in [6, 6.07) is 92.0. The third-order valence-electron chi connectivity index (χ3n) is 13.6. The lowest BCUT2D eigenvalue weighted by molar-refractivity contribution is 0.507. The normalized spacial score (nSPS) is 14.1. The molecular weight excluding hydrogens is 801 g/mol. The van der Waals surface area contributed by atoms with Crippen LogP contribution in [0.3, 0.4) is 0 Å². The molecule has 3 nitrogen and oxygen atoms in total. The molecule has 0 fully saturated rings. The number of para-hydroxylation sites is 4. The van der Waals surface area contributed by atoms with Crippen molar-refractivity contribution in [1.82, 2.24) is 0 Å². The molecule has 2 aliphatic rings. The molecule has 66 heavy (non-hydrogen) atoms. The number of rotatable bonds is 8. The molecule has 3 heteroatoms. The SMILES string of the molecule is c1ccc(-c2cccc(N(c3ccccc3)c3ccc4c(c3)-c3c(oc5ccccc35)C43c4ccccc4-c4cc(-c5ccc(N(c6ccccc6)c6ccccc6)cc5)ccc43)c2)cc1. The first-order valence-electron chi connectivity index (χ1n) is 22.7. The van der Waals surface area contributed by atoms with E-state index in [9.17, 15) is 0 Å². The van der Waals surface area contributed by atoms with Crippen LogP contribution in [-0.4, -0.2) is 0 Å². The van der Waals surface area contributed by atoms with Crippen LogP contribution in [-0.2, 0) is 5.41 Å². The number of furan rings is 1. The molecule has 0 aliphatic heterocycles. The fourth-order valence-corrected chi connectivity index (χ4v) is 10.8. The second-order valence-corrected chi connectivity index (χ2v) is 17.2. The fraction of sp³-hybridized carbons (Fsp3) is 0.0159. The topological polar surface area (TPSA) is 19.6 Å². The number of nitrogens with zero attached hydrogens (tertiary/aromatic N) is 2. The highest BCUT2D eigenvalue weighted by atomic mass is 16.3. The Morgan fingerprint density at radius 1 is 0.288 bits per heavy atom. The van der Waals surface area contributed by atoms with E-state index in [4.69, 9.17) is 4.42 Å². The number of fused-ring (bicyclic) bond motifs is 12. The quantitative estimate of drug-likeness (QED) is 0.152. The molecule has 1 spiro atoms. The van der Waals surface area contributed by atoms with E-state index in [0.717, 1.165) is 56.4 Å². The van der Waals surface area contributed by atoms with E-state index in [0.29, 0.717) is 0 Å². The van der Waals surface area contributed by atoms with Crippen molar-refractivity contribution in [3.63, 3.8) is 0 Å². The summed E-state index contributed by atoms with van der Waals surface area (Å²) in [4.78, 5) is 4.69. The predicted octanol–water partition coefficient (Wildman–Crippen LogP) is 17.0. The van der Waals surface area contributed by atoms with Gasteiger partial charge in [-0.1, -0.05) is 170 Å². The first kappa shape index (κ1) is 37.9. The van der Waals surface area contributed by atoms with Gasteiger partial charge in [-0.15, -0.1) is 0 Å².